The first kappa shape index (κ1) is 14.0. The predicted molar refractivity (Wildman–Crippen MR) is 72.6 cm³/mol. The van der Waals surface area contributed by atoms with E-state index in [9.17, 15) is 0 Å². The highest BCUT2D eigenvalue weighted by Gasteiger charge is 2.49. The Labute approximate surface area is 102 Å². The Hall–Kier alpha value is -0.0400. The Kier molecular flexibility index (Phi) is 4.85. The zero-order valence-electron chi connectivity index (χ0n) is 12.1. The molecular weight excluding hydrogens is 194 g/mol. The Morgan fingerprint density at radius 1 is 1.31 bits per heavy atom. The lowest BCUT2D eigenvalue weighted by Crippen LogP contribution is -2.31. The van der Waals surface area contributed by atoms with Gasteiger partial charge in [-0.05, 0) is 43.1 Å². The van der Waals surface area contributed by atoms with Crippen LogP contribution in [0.25, 0.3) is 0 Å². The molecule has 0 aliphatic heterocycles. The van der Waals surface area contributed by atoms with Crippen molar-refractivity contribution in [2.24, 2.45) is 23.2 Å². The third kappa shape index (κ3) is 2.30. The van der Waals surface area contributed by atoms with Crippen LogP contribution in [0.15, 0.2) is 0 Å². The molecule has 0 aromatic rings. The van der Waals surface area contributed by atoms with Crippen molar-refractivity contribution in [3.8, 4) is 0 Å². The molecule has 0 heterocycles. The molecule has 0 radical (unpaired) electrons. The highest BCUT2D eigenvalue weighted by molar-refractivity contribution is 5.01. The molecule has 16 heavy (non-hydrogen) atoms. The molecule has 1 nitrogen and oxygen atoms in total. The highest BCUT2D eigenvalue weighted by atomic mass is 14.9. The van der Waals surface area contributed by atoms with E-state index >= 15 is 0 Å². The molecule has 1 aliphatic rings. The molecule has 1 saturated carbocycles. The van der Waals surface area contributed by atoms with Crippen LogP contribution >= 0.6 is 0 Å². The molecule has 0 aromatic carbocycles. The minimum absolute atomic E-state index is 0.544. The number of hydrogen-bond acceptors (Lipinski definition) is 1. The second-order valence-corrected chi connectivity index (χ2v) is 6.23. The first-order valence-corrected chi connectivity index (χ1v) is 7.18. The van der Waals surface area contributed by atoms with Gasteiger partial charge in [0.25, 0.3) is 0 Å². The monoisotopic (exact) mass is 225 g/mol. The van der Waals surface area contributed by atoms with Gasteiger partial charge >= 0.3 is 0 Å². The Bertz CT molecular complexity index is 211. The van der Waals surface area contributed by atoms with E-state index in [0.29, 0.717) is 5.41 Å². The van der Waals surface area contributed by atoms with Crippen molar-refractivity contribution in [2.45, 2.75) is 66.3 Å². The molecule has 1 aliphatic carbocycles. The molecule has 0 bridgehead atoms. The fourth-order valence-electron chi connectivity index (χ4n) is 4.03. The van der Waals surface area contributed by atoms with Crippen LogP contribution in [0.1, 0.15) is 60.3 Å². The first-order chi connectivity index (χ1) is 7.51. The molecule has 96 valence electrons. The van der Waals surface area contributed by atoms with E-state index in [2.05, 4.69) is 47.0 Å². The molecule has 1 fully saturated rings. The van der Waals surface area contributed by atoms with Gasteiger partial charge in [-0.15, -0.1) is 0 Å². The van der Waals surface area contributed by atoms with Gasteiger partial charge in [0.15, 0.2) is 0 Å². The van der Waals surface area contributed by atoms with Crippen LogP contribution in [-0.2, 0) is 0 Å². The maximum Gasteiger partial charge on any atom is 0.0101 e. The third-order valence-corrected chi connectivity index (χ3v) is 5.29. The van der Waals surface area contributed by atoms with Gasteiger partial charge in [0.1, 0.15) is 0 Å². The standard InChI is InChI=1S/C15H31N/c1-7-9-12-13(8-2)15(5,11(3)4)10-14(12)16-6/h11-14,16H,7-10H2,1-6H3. The second-order valence-electron chi connectivity index (χ2n) is 6.23. The lowest BCUT2D eigenvalue weighted by atomic mass is 9.68. The fraction of sp³-hybridized carbons (Fsp3) is 1.00. The van der Waals surface area contributed by atoms with Gasteiger partial charge in [-0.25, -0.2) is 0 Å². The predicted octanol–water partition coefficient (Wildman–Crippen LogP) is 4.08. The minimum atomic E-state index is 0.544. The summed E-state index contributed by atoms with van der Waals surface area (Å²) in [6, 6.07) is 0.747. The van der Waals surface area contributed by atoms with Gasteiger partial charge in [-0.3, -0.25) is 0 Å². The SMILES string of the molecule is CCCC1C(NC)CC(C)(C(C)C)C1CC. The van der Waals surface area contributed by atoms with Gasteiger partial charge in [-0.1, -0.05) is 47.5 Å². The van der Waals surface area contributed by atoms with Gasteiger partial charge in [0.05, 0.1) is 0 Å². The van der Waals surface area contributed by atoms with Crippen molar-refractivity contribution in [3.63, 3.8) is 0 Å². The van der Waals surface area contributed by atoms with Crippen molar-refractivity contribution >= 4 is 0 Å². The normalized spacial score (nSPS) is 39.6. The van der Waals surface area contributed by atoms with Crippen LogP contribution in [0.3, 0.4) is 0 Å². The van der Waals surface area contributed by atoms with Gasteiger partial charge in [-0.2, -0.15) is 0 Å². The zero-order valence-corrected chi connectivity index (χ0v) is 12.1. The van der Waals surface area contributed by atoms with E-state index < -0.39 is 0 Å². The van der Waals surface area contributed by atoms with Crippen LogP contribution in [0, 0.1) is 23.2 Å². The van der Waals surface area contributed by atoms with Crippen molar-refractivity contribution in [1.82, 2.24) is 5.32 Å². The summed E-state index contributed by atoms with van der Waals surface area (Å²) in [5, 5.41) is 3.57. The van der Waals surface area contributed by atoms with E-state index in [4.69, 9.17) is 0 Å². The first-order valence-electron chi connectivity index (χ1n) is 7.18. The summed E-state index contributed by atoms with van der Waals surface area (Å²) in [5.41, 5.74) is 0.544. The quantitative estimate of drug-likeness (QED) is 0.743. The van der Waals surface area contributed by atoms with Crippen molar-refractivity contribution in [3.05, 3.63) is 0 Å². The summed E-state index contributed by atoms with van der Waals surface area (Å²) in [7, 11) is 2.14. The summed E-state index contributed by atoms with van der Waals surface area (Å²) in [6.07, 6.45) is 5.43. The lowest BCUT2D eigenvalue weighted by molar-refractivity contribution is 0.118. The van der Waals surface area contributed by atoms with E-state index in [1.54, 1.807) is 0 Å². The smallest absolute Gasteiger partial charge is 0.0101 e. The highest BCUT2D eigenvalue weighted by Crippen LogP contribution is 2.53. The summed E-state index contributed by atoms with van der Waals surface area (Å²) >= 11 is 0. The van der Waals surface area contributed by atoms with Crippen LogP contribution in [0.5, 0.6) is 0 Å². The van der Waals surface area contributed by atoms with Crippen LogP contribution in [0.2, 0.25) is 0 Å². The minimum Gasteiger partial charge on any atom is -0.317 e. The largest absolute Gasteiger partial charge is 0.317 e. The molecule has 0 amide bonds. The van der Waals surface area contributed by atoms with Crippen molar-refractivity contribution in [2.75, 3.05) is 7.05 Å². The maximum atomic E-state index is 3.57. The second kappa shape index (κ2) is 5.53. The number of hydrogen-bond donors (Lipinski definition) is 1. The molecule has 4 atom stereocenters. The van der Waals surface area contributed by atoms with Gasteiger partial charge < -0.3 is 5.32 Å². The van der Waals surface area contributed by atoms with E-state index in [1.165, 1.54) is 25.7 Å². The molecular formula is C15H31N. The molecule has 1 heteroatoms. The Morgan fingerprint density at radius 3 is 2.31 bits per heavy atom. The van der Waals surface area contributed by atoms with E-state index in [0.717, 1.165) is 23.8 Å². The molecule has 0 spiro atoms. The van der Waals surface area contributed by atoms with Crippen LogP contribution < -0.4 is 5.32 Å². The summed E-state index contributed by atoms with van der Waals surface area (Å²) in [5.74, 6) is 2.60. The van der Waals surface area contributed by atoms with Gasteiger partial charge in [0.2, 0.25) is 0 Å². The van der Waals surface area contributed by atoms with Crippen molar-refractivity contribution in [1.29, 1.82) is 0 Å². The number of nitrogens with one attached hydrogen (secondary N) is 1. The third-order valence-electron chi connectivity index (χ3n) is 5.29. The summed E-state index contributed by atoms with van der Waals surface area (Å²) in [6.45, 7) is 12.0. The molecule has 1 N–H and O–H groups in total. The Morgan fingerprint density at radius 2 is 1.94 bits per heavy atom. The number of rotatable bonds is 5. The summed E-state index contributed by atoms with van der Waals surface area (Å²) < 4.78 is 0. The lowest BCUT2D eigenvalue weighted by Gasteiger charge is -2.37. The average Bonchev–Trinajstić information content (AvgIpc) is 2.53. The maximum absolute atomic E-state index is 3.57. The van der Waals surface area contributed by atoms with Crippen LogP contribution in [0.4, 0.5) is 0 Å². The molecule has 4 unspecified atom stereocenters. The van der Waals surface area contributed by atoms with Gasteiger partial charge in [0, 0.05) is 6.04 Å². The molecule has 0 aromatic heterocycles. The van der Waals surface area contributed by atoms with E-state index in [1.807, 2.05) is 0 Å². The van der Waals surface area contributed by atoms with E-state index in [-0.39, 0.29) is 0 Å². The fourth-order valence-corrected chi connectivity index (χ4v) is 4.03. The molecule has 1 rings (SSSR count). The topological polar surface area (TPSA) is 12.0 Å². The average molecular weight is 225 g/mol. The molecule has 0 saturated heterocycles. The van der Waals surface area contributed by atoms with Crippen LogP contribution in [-0.4, -0.2) is 13.1 Å². The zero-order chi connectivity index (χ0) is 12.3. The summed E-state index contributed by atoms with van der Waals surface area (Å²) in [4.78, 5) is 0. The van der Waals surface area contributed by atoms with Crippen molar-refractivity contribution < 1.29 is 0 Å². The Balaban J connectivity index is 2.91.